The molecule has 164 valence electrons. The van der Waals surface area contributed by atoms with E-state index in [0.717, 1.165) is 18.4 Å². The van der Waals surface area contributed by atoms with E-state index in [1.807, 2.05) is 12.1 Å². The predicted octanol–water partition coefficient (Wildman–Crippen LogP) is 4.19. The molecule has 7 heteroatoms. The van der Waals surface area contributed by atoms with Gasteiger partial charge in [0.2, 0.25) is 5.91 Å². The lowest BCUT2D eigenvalue weighted by molar-refractivity contribution is -0.126. The van der Waals surface area contributed by atoms with Gasteiger partial charge in [0.1, 0.15) is 11.6 Å². The van der Waals surface area contributed by atoms with Gasteiger partial charge in [0.25, 0.3) is 5.91 Å². The van der Waals surface area contributed by atoms with Crippen molar-refractivity contribution in [2.24, 2.45) is 5.92 Å². The molecule has 2 aromatic carbocycles. The van der Waals surface area contributed by atoms with E-state index >= 15 is 0 Å². The molecule has 2 fully saturated rings. The summed E-state index contributed by atoms with van der Waals surface area (Å²) in [7, 11) is 1.52. The molecular weight excluding hydrogens is 419 g/mol. The van der Waals surface area contributed by atoms with Gasteiger partial charge in [-0.15, -0.1) is 0 Å². The molecule has 5 nitrogen and oxygen atoms in total. The Balaban J connectivity index is 1.31. The highest BCUT2D eigenvalue weighted by Gasteiger charge is 2.44. The number of likely N-dealkylation sites (tertiary alicyclic amines) is 1. The van der Waals surface area contributed by atoms with Gasteiger partial charge in [-0.3, -0.25) is 9.59 Å². The van der Waals surface area contributed by atoms with Gasteiger partial charge >= 0.3 is 0 Å². The molecule has 0 aromatic heterocycles. The zero-order chi connectivity index (χ0) is 22.0. The Morgan fingerprint density at radius 1 is 1.16 bits per heavy atom. The van der Waals surface area contributed by atoms with Gasteiger partial charge in [-0.1, -0.05) is 23.7 Å². The van der Waals surface area contributed by atoms with Gasteiger partial charge in [-0.2, -0.15) is 0 Å². The van der Waals surface area contributed by atoms with Crippen LogP contribution in [-0.2, 0) is 10.2 Å². The maximum atomic E-state index is 13.2. The van der Waals surface area contributed by atoms with E-state index in [1.54, 1.807) is 23.1 Å². The Hall–Kier alpha value is -2.60. The van der Waals surface area contributed by atoms with Crippen LogP contribution in [0.25, 0.3) is 0 Å². The number of methoxy groups -OCH3 is 1. The standard InChI is InChI=1S/C24H26ClFN2O3/c1-31-21-7-4-18(25)14-20(21)23(30)28-12-8-16(9-13-28)22(29)27-15-24(10-11-24)17-2-5-19(26)6-3-17/h2-7,14,16H,8-13,15H2,1H3,(H,27,29). The molecule has 0 unspecified atom stereocenters. The Morgan fingerprint density at radius 2 is 1.84 bits per heavy atom. The fourth-order valence-corrected chi connectivity index (χ4v) is 4.46. The average molecular weight is 445 g/mol. The van der Waals surface area contributed by atoms with Crippen LogP contribution in [0.1, 0.15) is 41.6 Å². The van der Waals surface area contributed by atoms with Gasteiger partial charge in [-0.25, -0.2) is 4.39 Å². The lowest BCUT2D eigenvalue weighted by Crippen LogP contribution is -2.44. The first kappa shape index (κ1) is 21.6. The van der Waals surface area contributed by atoms with Crippen LogP contribution in [0.2, 0.25) is 5.02 Å². The lowest BCUT2D eigenvalue weighted by atomic mass is 9.93. The van der Waals surface area contributed by atoms with Crippen LogP contribution in [0.5, 0.6) is 5.75 Å². The van der Waals surface area contributed by atoms with Crippen LogP contribution in [-0.4, -0.2) is 43.5 Å². The number of carbonyl (C=O) groups excluding carboxylic acids is 2. The summed E-state index contributed by atoms with van der Waals surface area (Å²) in [5.74, 6) is 0.0201. The van der Waals surface area contributed by atoms with Crippen molar-refractivity contribution in [3.8, 4) is 5.75 Å². The highest BCUT2D eigenvalue weighted by molar-refractivity contribution is 6.31. The van der Waals surface area contributed by atoms with Crippen LogP contribution in [0.3, 0.4) is 0 Å². The fraction of sp³-hybridized carbons (Fsp3) is 0.417. The van der Waals surface area contributed by atoms with Crippen molar-refractivity contribution in [2.45, 2.75) is 31.1 Å². The summed E-state index contributed by atoms with van der Waals surface area (Å²) in [5, 5.41) is 3.58. The fourth-order valence-electron chi connectivity index (χ4n) is 4.28. The molecule has 2 aromatic rings. The molecule has 1 N–H and O–H groups in total. The first-order valence-corrected chi connectivity index (χ1v) is 11.0. The van der Waals surface area contributed by atoms with Crippen molar-refractivity contribution in [2.75, 3.05) is 26.7 Å². The third kappa shape index (κ3) is 4.69. The zero-order valence-corrected chi connectivity index (χ0v) is 18.3. The normalized spacial score (nSPS) is 17.8. The van der Waals surface area contributed by atoms with Crippen LogP contribution in [0.15, 0.2) is 42.5 Å². The number of benzene rings is 2. The minimum atomic E-state index is -0.250. The molecule has 4 rings (SSSR count). The number of carbonyl (C=O) groups is 2. The number of piperidine rings is 1. The third-order valence-corrected chi connectivity index (χ3v) is 6.69. The van der Waals surface area contributed by atoms with Crippen molar-refractivity contribution >= 4 is 23.4 Å². The van der Waals surface area contributed by atoms with Gasteiger partial charge < -0.3 is 15.0 Å². The minimum Gasteiger partial charge on any atom is -0.496 e. The van der Waals surface area contributed by atoms with Crippen LogP contribution in [0.4, 0.5) is 4.39 Å². The maximum absolute atomic E-state index is 13.2. The van der Waals surface area contributed by atoms with E-state index in [9.17, 15) is 14.0 Å². The number of ether oxygens (including phenoxy) is 1. The summed E-state index contributed by atoms with van der Waals surface area (Å²) < 4.78 is 18.5. The molecule has 31 heavy (non-hydrogen) atoms. The second kappa shape index (κ2) is 8.87. The second-order valence-corrected chi connectivity index (χ2v) is 8.85. The minimum absolute atomic E-state index is 0.0285. The molecule has 0 bridgehead atoms. The summed E-state index contributed by atoms with van der Waals surface area (Å²) in [4.78, 5) is 27.4. The monoisotopic (exact) mass is 444 g/mol. The predicted molar refractivity (Wildman–Crippen MR) is 117 cm³/mol. The molecule has 2 amide bonds. The Kier molecular flexibility index (Phi) is 6.19. The largest absolute Gasteiger partial charge is 0.496 e. The summed E-state index contributed by atoms with van der Waals surface area (Å²) in [5.41, 5.74) is 1.45. The van der Waals surface area contributed by atoms with E-state index in [-0.39, 0.29) is 29.0 Å². The van der Waals surface area contributed by atoms with E-state index in [1.165, 1.54) is 19.2 Å². The van der Waals surface area contributed by atoms with Gasteiger partial charge in [-0.05, 0) is 61.6 Å². The molecule has 1 aliphatic carbocycles. The van der Waals surface area contributed by atoms with Crippen molar-refractivity contribution in [1.29, 1.82) is 0 Å². The van der Waals surface area contributed by atoms with Crippen LogP contribution >= 0.6 is 11.6 Å². The summed E-state index contributed by atoms with van der Waals surface area (Å²) >= 11 is 6.05. The first-order valence-electron chi connectivity index (χ1n) is 10.6. The van der Waals surface area contributed by atoms with E-state index in [2.05, 4.69) is 5.32 Å². The van der Waals surface area contributed by atoms with E-state index in [0.29, 0.717) is 48.8 Å². The smallest absolute Gasteiger partial charge is 0.257 e. The molecule has 1 saturated heterocycles. The van der Waals surface area contributed by atoms with Crippen molar-refractivity contribution in [3.05, 3.63) is 64.4 Å². The molecule has 1 aliphatic heterocycles. The molecular formula is C24H26ClFN2O3. The highest BCUT2D eigenvalue weighted by atomic mass is 35.5. The number of nitrogens with one attached hydrogen (secondary N) is 1. The summed E-state index contributed by atoms with van der Waals surface area (Å²) in [6.45, 7) is 1.59. The number of hydrogen-bond acceptors (Lipinski definition) is 3. The Bertz CT molecular complexity index is 967. The first-order chi connectivity index (χ1) is 14.9. The lowest BCUT2D eigenvalue weighted by Gasteiger charge is -2.32. The highest BCUT2D eigenvalue weighted by Crippen LogP contribution is 2.47. The van der Waals surface area contributed by atoms with Crippen LogP contribution < -0.4 is 10.1 Å². The molecule has 1 saturated carbocycles. The van der Waals surface area contributed by atoms with Crippen molar-refractivity contribution < 1.29 is 18.7 Å². The Labute approximate surface area is 186 Å². The topological polar surface area (TPSA) is 58.6 Å². The number of nitrogens with zero attached hydrogens (tertiary/aromatic N) is 1. The van der Waals surface area contributed by atoms with Crippen molar-refractivity contribution in [1.82, 2.24) is 10.2 Å². The number of halogens is 2. The summed E-state index contributed by atoms with van der Waals surface area (Å²) in [6, 6.07) is 11.5. The zero-order valence-electron chi connectivity index (χ0n) is 17.5. The maximum Gasteiger partial charge on any atom is 0.257 e. The van der Waals surface area contributed by atoms with Gasteiger partial charge in [0, 0.05) is 36.0 Å². The average Bonchev–Trinajstić information content (AvgIpc) is 3.58. The molecule has 0 spiro atoms. The van der Waals surface area contributed by atoms with Gasteiger partial charge in [0.15, 0.2) is 0 Å². The SMILES string of the molecule is COc1ccc(Cl)cc1C(=O)N1CCC(C(=O)NCC2(c3ccc(F)cc3)CC2)CC1. The number of amides is 2. The van der Waals surface area contributed by atoms with Crippen LogP contribution in [0, 0.1) is 11.7 Å². The molecule has 1 heterocycles. The van der Waals surface area contributed by atoms with E-state index in [4.69, 9.17) is 16.3 Å². The molecule has 0 atom stereocenters. The quantitative estimate of drug-likeness (QED) is 0.726. The molecule has 0 radical (unpaired) electrons. The number of rotatable bonds is 6. The van der Waals surface area contributed by atoms with E-state index < -0.39 is 0 Å². The second-order valence-electron chi connectivity index (χ2n) is 8.42. The van der Waals surface area contributed by atoms with Gasteiger partial charge in [0.05, 0.1) is 12.7 Å². The summed E-state index contributed by atoms with van der Waals surface area (Å²) in [6.07, 6.45) is 3.22. The number of hydrogen-bond donors (Lipinski definition) is 1. The van der Waals surface area contributed by atoms with Crippen molar-refractivity contribution in [3.63, 3.8) is 0 Å². The third-order valence-electron chi connectivity index (χ3n) is 6.46. The molecule has 2 aliphatic rings. The Morgan fingerprint density at radius 3 is 2.45 bits per heavy atom.